The lowest BCUT2D eigenvalue weighted by Gasteiger charge is -2.48. The van der Waals surface area contributed by atoms with Gasteiger partial charge < -0.3 is 10.6 Å². The van der Waals surface area contributed by atoms with Crippen molar-refractivity contribution in [2.24, 2.45) is 11.7 Å². The molecule has 0 saturated carbocycles. The monoisotopic (exact) mass is 246 g/mol. The Bertz CT molecular complexity index is 403. The number of hydrogen-bond donors (Lipinski definition) is 1. The fraction of sp³-hybridized carbons (Fsp3) is 0.625. The lowest BCUT2D eigenvalue weighted by Crippen LogP contribution is -2.51. The van der Waals surface area contributed by atoms with Crippen LogP contribution in [0.15, 0.2) is 18.2 Å². The summed E-state index contributed by atoms with van der Waals surface area (Å²) < 4.78 is 0. The smallest absolute Gasteiger partial charge is 0.0430 e. The van der Waals surface area contributed by atoms with Gasteiger partial charge >= 0.3 is 0 Å². The fourth-order valence-electron chi connectivity index (χ4n) is 3.38. The van der Waals surface area contributed by atoms with Crippen LogP contribution in [0.4, 0.5) is 5.69 Å². The summed E-state index contributed by atoms with van der Waals surface area (Å²) in [5.41, 5.74) is 10.3. The normalized spacial score (nSPS) is 23.2. The summed E-state index contributed by atoms with van der Waals surface area (Å²) >= 11 is 0. The Labute approximate surface area is 111 Å². The highest BCUT2D eigenvalue weighted by molar-refractivity contribution is 5.60. The number of anilines is 1. The number of hydrogen-bond acceptors (Lipinski definition) is 2. The van der Waals surface area contributed by atoms with Gasteiger partial charge in [-0.05, 0) is 64.1 Å². The zero-order valence-corrected chi connectivity index (χ0v) is 12.2. The molecule has 0 radical (unpaired) electrons. The van der Waals surface area contributed by atoms with Crippen molar-refractivity contribution in [1.29, 1.82) is 0 Å². The van der Waals surface area contributed by atoms with Crippen LogP contribution in [0.25, 0.3) is 0 Å². The average Bonchev–Trinajstić information content (AvgIpc) is 2.30. The Morgan fingerprint density at radius 1 is 1.28 bits per heavy atom. The van der Waals surface area contributed by atoms with Crippen molar-refractivity contribution < 1.29 is 0 Å². The molecular formula is C16H26N2. The van der Waals surface area contributed by atoms with E-state index in [9.17, 15) is 0 Å². The van der Waals surface area contributed by atoms with Crippen LogP contribution >= 0.6 is 0 Å². The summed E-state index contributed by atoms with van der Waals surface area (Å²) in [6.07, 6.45) is 2.41. The van der Waals surface area contributed by atoms with Gasteiger partial charge in [0, 0.05) is 17.8 Å². The van der Waals surface area contributed by atoms with E-state index in [1.54, 1.807) is 0 Å². The summed E-state index contributed by atoms with van der Waals surface area (Å²) in [6, 6.07) is 6.58. The molecule has 1 aromatic carbocycles. The number of aryl methyl sites for hydroxylation is 2. The first kappa shape index (κ1) is 13.4. The molecule has 1 unspecified atom stereocenters. The standard InChI is InChI=1S/C16H26N2/c1-12-6-5-7-13(2)15(12)18-9-8-14(11-17)10-16(18,3)4/h5-7,14H,8-11,17H2,1-4H3. The van der Waals surface area contributed by atoms with Gasteiger partial charge in [-0.3, -0.25) is 0 Å². The van der Waals surface area contributed by atoms with Gasteiger partial charge in [-0.25, -0.2) is 0 Å². The fourth-order valence-corrected chi connectivity index (χ4v) is 3.38. The van der Waals surface area contributed by atoms with Crippen molar-refractivity contribution in [2.75, 3.05) is 18.0 Å². The Morgan fingerprint density at radius 3 is 2.39 bits per heavy atom. The molecule has 1 aliphatic heterocycles. The zero-order chi connectivity index (χ0) is 13.3. The Morgan fingerprint density at radius 2 is 1.89 bits per heavy atom. The molecule has 0 aromatic heterocycles. The van der Waals surface area contributed by atoms with Gasteiger partial charge in [-0.2, -0.15) is 0 Å². The Kier molecular flexibility index (Phi) is 3.67. The van der Waals surface area contributed by atoms with Crippen LogP contribution in [0.1, 0.15) is 37.8 Å². The number of nitrogens with two attached hydrogens (primary N) is 1. The van der Waals surface area contributed by atoms with Crippen molar-refractivity contribution in [3.05, 3.63) is 29.3 Å². The molecule has 100 valence electrons. The van der Waals surface area contributed by atoms with Gasteiger partial charge in [0.25, 0.3) is 0 Å². The molecule has 1 aromatic rings. The molecule has 1 saturated heterocycles. The third-order valence-corrected chi connectivity index (χ3v) is 4.32. The average molecular weight is 246 g/mol. The number of rotatable bonds is 2. The SMILES string of the molecule is Cc1cccc(C)c1N1CCC(CN)CC1(C)C. The second-order valence-electron chi connectivity index (χ2n) is 6.30. The zero-order valence-electron chi connectivity index (χ0n) is 12.2. The molecule has 18 heavy (non-hydrogen) atoms. The summed E-state index contributed by atoms with van der Waals surface area (Å²) in [6.45, 7) is 11.1. The first-order valence-corrected chi connectivity index (χ1v) is 6.99. The quantitative estimate of drug-likeness (QED) is 0.868. The molecule has 0 aliphatic carbocycles. The van der Waals surface area contributed by atoms with Gasteiger partial charge in [-0.15, -0.1) is 0 Å². The summed E-state index contributed by atoms with van der Waals surface area (Å²) in [4.78, 5) is 2.59. The van der Waals surface area contributed by atoms with Gasteiger partial charge in [0.15, 0.2) is 0 Å². The van der Waals surface area contributed by atoms with Crippen molar-refractivity contribution >= 4 is 5.69 Å². The maximum Gasteiger partial charge on any atom is 0.0430 e. The molecule has 2 nitrogen and oxygen atoms in total. The predicted octanol–water partition coefficient (Wildman–Crippen LogP) is 3.26. The van der Waals surface area contributed by atoms with E-state index in [4.69, 9.17) is 5.73 Å². The van der Waals surface area contributed by atoms with Crippen molar-refractivity contribution in [1.82, 2.24) is 0 Å². The van der Waals surface area contributed by atoms with Crippen LogP contribution in [-0.2, 0) is 0 Å². The second kappa shape index (κ2) is 4.93. The van der Waals surface area contributed by atoms with E-state index in [2.05, 4.69) is 50.8 Å². The highest BCUT2D eigenvalue weighted by Crippen LogP contribution is 2.38. The minimum Gasteiger partial charge on any atom is -0.366 e. The topological polar surface area (TPSA) is 29.3 Å². The van der Waals surface area contributed by atoms with E-state index < -0.39 is 0 Å². The summed E-state index contributed by atoms with van der Waals surface area (Å²) in [5, 5.41) is 0. The Hall–Kier alpha value is -1.02. The molecule has 1 aliphatic rings. The number of benzene rings is 1. The molecule has 2 heteroatoms. The summed E-state index contributed by atoms with van der Waals surface area (Å²) in [7, 11) is 0. The molecule has 2 N–H and O–H groups in total. The molecule has 1 atom stereocenters. The van der Waals surface area contributed by atoms with E-state index in [1.165, 1.54) is 29.7 Å². The molecule has 0 bridgehead atoms. The van der Waals surface area contributed by atoms with Crippen molar-refractivity contribution in [3.8, 4) is 0 Å². The molecular weight excluding hydrogens is 220 g/mol. The third-order valence-electron chi connectivity index (χ3n) is 4.32. The van der Waals surface area contributed by atoms with E-state index in [-0.39, 0.29) is 5.54 Å². The number of nitrogens with zero attached hydrogens (tertiary/aromatic N) is 1. The van der Waals surface area contributed by atoms with Gasteiger partial charge in [0.05, 0.1) is 0 Å². The second-order valence-corrected chi connectivity index (χ2v) is 6.30. The van der Waals surface area contributed by atoms with Gasteiger partial charge in [-0.1, -0.05) is 18.2 Å². The minimum absolute atomic E-state index is 0.208. The van der Waals surface area contributed by atoms with E-state index in [0.29, 0.717) is 5.92 Å². The lowest BCUT2D eigenvalue weighted by molar-refractivity contribution is 0.278. The molecule has 2 rings (SSSR count). The lowest BCUT2D eigenvalue weighted by atomic mass is 9.81. The molecule has 1 heterocycles. The minimum atomic E-state index is 0.208. The van der Waals surface area contributed by atoms with Gasteiger partial charge in [0.2, 0.25) is 0 Å². The highest BCUT2D eigenvalue weighted by Gasteiger charge is 2.35. The van der Waals surface area contributed by atoms with Crippen molar-refractivity contribution in [3.63, 3.8) is 0 Å². The third kappa shape index (κ3) is 2.39. The highest BCUT2D eigenvalue weighted by atomic mass is 15.2. The molecule has 1 fully saturated rings. The van der Waals surface area contributed by atoms with E-state index in [0.717, 1.165) is 13.1 Å². The van der Waals surface area contributed by atoms with Crippen LogP contribution in [-0.4, -0.2) is 18.6 Å². The summed E-state index contributed by atoms with van der Waals surface area (Å²) in [5.74, 6) is 0.681. The van der Waals surface area contributed by atoms with Crippen LogP contribution < -0.4 is 10.6 Å². The van der Waals surface area contributed by atoms with Gasteiger partial charge in [0.1, 0.15) is 0 Å². The van der Waals surface area contributed by atoms with E-state index in [1.807, 2.05) is 0 Å². The maximum atomic E-state index is 5.85. The largest absolute Gasteiger partial charge is 0.366 e. The number of piperidine rings is 1. The first-order chi connectivity index (χ1) is 8.45. The molecule has 0 amide bonds. The van der Waals surface area contributed by atoms with E-state index >= 15 is 0 Å². The van der Waals surface area contributed by atoms with Crippen LogP contribution in [0.5, 0.6) is 0 Å². The van der Waals surface area contributed by atoms with Crippen molar-refractivity contribution in [2.45, 2.75) is 46.1 Å². The van der Waals surface area contributed by atoms with Crippen LogP contribution in [0.3, 0.4) is 0 Å². The first-order valence-electron chi connectivity index (χ1n) is 6.99. The van der Waals surface area contributed by atoms with Crippen LogP contribution in [0.2, 0.25) is 0 Å². The maximum absolute atomic E-state index is 5.85. The Balaban J connectivity index is 2.34. The molecule has 0 spiro atoms. The predicted molar refractivity (Wildman–Crippen MR) is 79.1 cm³/mol. The number of para-hydroxylation sites is 1. The van der Waals surface area contributed by atoms with Crippen LogP contribution in [0, 0.1) is 19.8 Å².